The van der Waals surface area contributed by atoms with E-state index in [0.717, 1.165) is 91.7 Å². The van der Waals surface area contributed by atoms with Gasteiger partial charge in [-0.25, -0.2) is 23.6 Å². The third-order valence-electron chi connectivity index (χ3n) is 12.7. The van der Waals surface area contributed by atoms with E-state index in [9.17, 15) is 37.5 Å². The summed E-state index contributed by atoms with van der Waals surface area (Å²) in [5.74, 6) is -5.41. The number of likely N-dealkylation sites (tertiary alicyclic amines) is 1. The predicted octanol–water partition coefficient (Wildman–Crippen LogP) is 9.71. The van der Waals surface area contributed by atoms with Gasteiger partial charge in [-0.15, -0.1) is 11.3 Å². The van der Waals surface area contributed by atoms with Crippen molar-refractivity contribution in [2.45, 2.75) is 122 Å². The maximum Gasteiger partial charge on any atom is 0.277 e. The van der Waals surface area contributed by atoms with Crippen molar-refractivity contribution in [2.75, 3.05) is 38.1 Å². The van der Waals surface area contributed by atoms with E-state index in [4.69, 9.17) is 9.36 Å². The smallest absolute Gasteiger partial charge is 0.277 e. The number of nitrogens with zero attached hydrogens (tertiary/aromatic N) is 3. The average Bonchev–Trinajstić information content (AvgIpc) is 4.11. The Morgan fingerprint density at radius 3 is 2.25 bits per heavy atom. The molecule has 0 saturated carbocycles. The summed E-state index contributed by atoms with van der Waals surface area (Å²) >= 11 is 3.46. The summed E-state index contributed by atoms with van der Waals surface area (Å²) in [6.07, 6.45) is 7.98. The van der Waals surface area contributed by atoms with Gasteiger partial charge < -0.3 is 35.8 Å². The maximum atomic E-state index is 14.7. The van der Waals surface area contributed by atoms with E-state index in [1.807, 2.05) is 67.6 Å². The fourth-order valence-corrected chi connectivity index (χ4v) is 10.1. The first kappa shape index (κ1) is 56.9. The first-order valence-electron chi connectivity index (χ1n) is 24.9. The van der Waals surface area contributed by atoms with Crippen LogP contribution in [0.25, 0.3) is 10.4 Å². The number of rotatable bonds is 28. The minimum absolute atomic E-state index is 0.00148. The average molecular weight is 1140 g/mol. The number of amides is 4. The Balaban J connectivity index is 0.857. The zero-order chi connectivity index (χ0) is 52.4. The molecule has 3 heterocycles. The van der Waals surface area contributed by atoms with Crippen LogP contribution >= 0.6 is 33.9 Å². The second kappa shape index (κ2) is 28.3. The number of aliphatic hydroxyl groups is 1. The van der Waals surface area contributed by atoms with Crippen LogP contribution in [0.5, 0.6) is 0 Å². The van der Waals surface area contributed by atoms with Crippen molar-refractivity contribution in [3.05, 3.63) is 115 Å². The normalized spacial score (nSPS) is 15.3. The van der Waals surface area contributed by atoms with Crippen molar-refractivity contribution in [3.63, 3.8) is 0 Å². The number of aromatic nitrogens is 2. The Morgan fingerprint density at radius 2 is 1.59 bits per heavy atom. The molecular formula is C53H66F3IN8O7S. The van der Waals surface area contributed by atoms with Crippen LogP contribution in [0.3, 0.4) is 0 Å². The van der Waals surface area contributed by atoms with E-state index in [1.54, 1.807) is 24.6 Å². The molecule has 2 aromatic heterocycles. The number of aryl methyl sites for hydroxylation is 2. The molecule has 1 aliphatic rings. The fourth-order valence-electron chi connectivity index (χ4n) is 8.79. The van der Waals surface area contributed by atoms with Gasteiger partial charge in [-0.1, -0.05) is 81.8 Å². The van der Waals surface area contributed by atoms with Crippen molar-refractivity contribution in [2.24, 2.45) is 5.92 Å². The summed E-state index contributed by atoms with van der Waals surface area (Å²) in [4.78, 5) is 66.5. The summed E-state index contributed by atoms with van der Waals surface area (Å²) < 4.78 is 49.2. The molecule has 15 nitrogen and oxygen atoms in total. The van der Waals surface area contributed by atoms with Gasteiger partial charge in [-0.3, -0.25) is 24.0 Å². The molecule has 0 aliphatic carbocycles. The number of anilines is 2. The number of benzene rings is 3. The van der Waals surface area contributed by atoms with Crippen molar-refractivity contribution in [1.29, 1.82) is 0 Å². The van der Waals surface area contributed by atoms with E-state index in [0.29, 0.717) is 34.5 Å². The minimum Gasteiger partial charge on any atom is -0.391 e. The third kappa shape index (κ3) is 16.5. The molecule has 0 unspecified atom stereocenters. The number of aliphatic hydroxyl groups excluding tert-OH is 1. The Bertz CT molecular complexity index is 2620. The number of hydrogen-bond donors (Lipinski definition) is 6. The molecule has 20 heteroatoms. The van der Waals surface area contributed by atoms with E-state index >= 15 is 0 Å². The van der Waals surface area contributed by atoms with Gasteiger partial charge in [0.1, 0.15) is 23.5 Å². The van der Waals surface area contributed by atoms with Crippen LogP contribution < -0.4 is 26.7 Å². The van der Waals surface area contributed by atoms with Gasteiger partial charge in [0, 0.05) is 29.1 Å². The van der Waals surface area contributed by atoms with Gasteiger partial charge >= 0.3 is 0 Å². The van der Waals surface area contributed by atoms with Crippen molar-refractivity contribution in [1.82, 2.24) is 36.5 Å². The van der Waals surface area contributed by atoms with Crippen LogP contribution in [0, 0.1) is 40.8 Å². The van der Waals surface area contributed by atoms with E-state index in [2.05, 4.69) is 36.9 Å². The molecule has 4 atom stereocenters. The Labute approximate surface area is 442 Å². The molecule has 3 aromatic carbocycles. The number of carbonyl (C=O) groups excluding carboxylic acids is 4. The van der Waals surface area contributed by atoms with Gasteiger partial charge in [0.25, 0.3) is 5.91 Å². The van der Waals surface area contributed by atoms with Crippen LogP contribution in [0.4, 0.5) is 24.5 Å². The lowest BCUT2D eigenvalue weighted by atomic mass is 9.91. The molecular weight excluding hydrogens is 1080 g/mol. The number of thiazole rings is 1. The van der Waals surface area contributed by atoms with Gasteiger partial charge in [0.05, 0.1) is 63.9 Å². The zero-order valence-corrected chi connectivity index (χ0v) is 44.7. The minimum atomic E-state index is -1.31. The first-order valence-corrected chi connectivity index (χ1v) is 26.9. The maximum absolute atomic E-state index is 14.7. The highest BCUT2D eigenvalue weighted by atomic mass is 127. The van der Waals surface area contributed by atoms with Crippen molar-refractivity contribution < 1.29 is 46.8 Å². The van der Waals surface area contributed by atoms with Gasteiger partial charge in [-0.2, -0.15) is 0 Å². The van der Waals surface area contributed by atoms with E-state index < -0.39 is 59.1 Å². The van der Waals surface area contributed by atoms with Crippen LogP contribution in [0.15, 0.2) is 70.7 Å². The number of nitrogens with one attached hydrogen (secondary N) is 5. The Hall–Kier alpha value is -5.42. The molecule has 73 heavy (non-hydrogen) atoms. The number of unbranched alkanes of at least 4 members (excludes halogenated alkanes) is 7. The molecule has 0 spiro atoms. The van der Waals surface area contributed by atoms with E-state index in [-0.39, 0.29) is 55.0 Å². The predicted molar refractivity (Wildman–Crippen MR) is 282 cm³/mol. The van der Waals surface area contributed by atoms with E-state index in [1.165, 1.54) is 28.4 Å². The molecule has 1 saturated heterocycles. The highest BCUT2D eigenvalue weighted by molar-refractivity contribution is 14.1. The molecule has 1 fully saturated rings. The summed E-state index contributed by atoms with van der Waals surface area (Å²) in [5.41, 5.74) is 6.46. The van der Waals surface area contributed by atoms with Crippen LogP contribution in [-0.4, -0.2) is 88.7 Å². The van der Waals surface area contributed by atoms with Gasteiger partial charge in [-0.05, 0) is 116 Å². The SMILES string of the molecule is Cc1cc([C@H](C(=O)N2C[C@H](O)C[C@H]2C(=O)N[C@@H](CC(=O)NCCCCCCCCCCNCCCONC(=O)c2ccc(F)c(F)c2Nc2ccc(I)cc2F)c2ccc(-c3scnc3C)cc2)C(C)C)on1. The van der Waals surface area contributed by atoms with Crippen molar-refractivity contribution >= 4 is 68.9 Å². The second-order valence-corrected chi connectivity index (χ2v) is 20.8. The molecule has 4 amide bonds. The fraction of sp³-hybridized carbons (Fsp3) is 0.472. The standard InChI is InChI=1S/C53H66F3IN8O7S/c1-32(2)47(45-26-33(3)63-72-45)53(70)65-30-38(66)28-44(65)52(69)62-43(35-14-16-36(17-15-35)50-34(4)60-31-73-50)29-46(67)59-24-12-10-8-6-5-7-9-11-22-58-23-13-25-71-64-51(68)39-19-20-40(54)48(56)49(39)61-42-21-18-37(57)27-41(42)55/h14-21,26-27,31-32,38,43-44,47,58,61,66H,5-13,22-25,28-30H2,1-4H3,(H,59,67)(H,62,69)(H,64,68)/t38-,43+,44+,47-/m1/s1. The summed E-state index contributed by atoms with van der Waals surface area (Å²) in [6, 6.07) is 13.9. The molecule has 6 N–H and O–H groups in total. The van der Waals surface area contributed by atoms with Gasteiger partial charge in [0.15, 0.2) is 11.6 Å². The third-order valence-corrected chi connectivity index (χ3v) is 14.3. The van der Waals surface area contributed by atoms with Crippen LogP contribution in [0.1, 0.15) is 130 Å². The molecule has 5 aromatic rings. The highest BCUT2D eigenvalue weighted by Crippen LogP contribution is 2.33. The van der Waals surface area contributed by atoms with Crippen molar-refractivity contribution in [3.8, 4) is 10.4 Å². The highest BCUT2D eigenvalue weighted by Gasteiger charge is 2.44. The summed E-state index contributed by atoms with van der Waals surface area (Å²) in [6.45, 7) is 9.70. The summed E-state index contributed by atoms with van der Waals surface area (Å²) in [7, 11) is 0. The molecule has 1 aliphatic heterocycles. The Kier molecular flexibility index (Phi) is 22.1. The monoisotopic (exact) mass is 1140 g/mol. The number of β-amino-alcohol motifs (C(OH)–C–C–N with tert-alkyl or cyclic N) is 1. The number of carbonyl (C=O) groups is 4. The topological polar surface area (TPSA) is 200 Å². The number of hydroxylamine groups is 1. The largest absolute Gasteiger partial charge is 0.391 e. The molecule has 394 valence electrons. The molecule has 0 radical (unpaired) electrons. The quantitative estimate of drug-likeness (QED) is 0.0158. The second-order valence-electron chi connectivity index (χ2n) is 18.7. The molecule has 6 rings (SSSR count). The number of halogens is 4. The lowest BCUT2D eigenvalue weighted by Crippen LogP contribution is -2.49. The van der Waals surface area contributed by atoms with Crippen LogP contribution in [-0.2, 0) is 19.2 Å². The lowest BCUT2D eigenvalue weighted by molar-refractivity contribution is -0.141. The Morgan fingerprint density at radius 1 is 0.890 bits per heavy atom. The zero-order valence-electron chi connectivity index (χ0n) is 41.7. The molecule has 0 bridgehead atoms. The summed E-state index contributed by atoms with van der Waals surface area (Å²) in [5, 5.41) is 26.7. The van der Waals surface area contributed by atoms with Crippen LogP contribution in [0.2, 0.25) is 0 Å². The lowest BCUT2D eigenvalue weighted by Gasteiger charge is -2.30. The first-order chi connectivity index (χ1) is 35.1. The van der Waals surface area contributed by atoms with Gasteiger partial charge in [0.2, 0.25) is 17.7 Å². The number of hydrogen-bond acceptors (Lipinski definition) is 12.